The van der Waals surface area contributed by atoms with Gasteiger partial charge in [0.1, 0.15) is 5.82 Å². The van der Waals surface area contributed by atoms with Crippen LogP contribution < -0.4 is 11.1 Å². The van der Waals surface area contributed by atoms with Crippen LogP contribution in [0.15, 0.2) is 18.2 Å². The lowest BCUT2D eigenvalue weighted by Crippen LogP contribution is -2.53. The van der Waals surface area contributed by atoms with E-state index in [-0.39, 0.29) is 29.7 Å². The number of hydrogen-bond donors (Lipinski definition) is 2. The van der Waals surface area contributed by atoms with E-state index in [1.807, 2.05) is 36.4 Å². The van der Waals surface area contributed by atoms with Crippen molar-refractivity contribution in [3.8, 4) is 0 Å². The van der Waals surface area contributed by atoms with Gasteiger partial charge in [0.2, 0.25) is 0 Å². The van der Waals surface area contributed by atoms with Gasteiger partial charge in [0.25, 0.3) is 5.91 Å². The number of nitrogens with one attached hydrogen (secondary N) is 1. The Bertz CT molecular complexity index is 430. The van der Waals surface area contributed by atoms with Crippen molar-refractivity contribution in [1.82, 2.24) is 5.32 Å². The third-order valence-electron chi connectivity index (χ3n) is 3.30. The molecule has 0 aliphatic heterocycles. The molecule has 1 rings (SSSR count). The van der Waals surface area contributed by atoms with E-state index in [4.69, 9.17) is 5.73 Å². The summed E-state index contributed by atoms with van der Waals surface area (Å²) in [5.41, 5.74) is 5.84. The average molecular weight is 401 g/mol. The quantitative estimate of drug-likeness (QED) is 0.746. The molecule has 0 radical (unpaired) electrons. The zero-order chi connectivity index (χ0) is 13.8. The van der Waals surface area contributed by atoms with E-state index in [1.54, 1.807) is 0 Å². The van der Waals surface area contributed by atoms with Crippen molar-refractivity contribution in [3.05, 3.63) is 33.1 Å². The lowest BCUT2D eigenvalue weighted by molar-refractivity contribution is 0.0894. The fourth-order valence-electron chi connectivity index (χ4n) is 1.75. The van der Waals surface area contributed by atoms with Crippen LogP contribution in [0.5, 0.6) is 0 Å². The number of hydrogen-bond acceptors (Lipinski definition) is 2. The Balaban J connectivity index is 0.00000324. The fourth-order valence-corrected chi connectivity index (χ4v) is 2.47. The molecule has 0 saturated carbocycles. The minimum absolute atomic E-state index is 0. The van der Waals surface area contributed by atoms with Gasteiger partial charge in [-0.05, 0) is 53.6 Å². The van der Waals surface area contributed by atoms with E-state index >= 15 is 0 Å². The molecule has 1 amide bonds. The van der Waals surface area contributed by atoms with Gasteiger partial charge in [-0.1, -0.05) is 13.8 Å². The van der Waals surface area contributed by atoms with Crippen LogP contribution >= 0.6 is 35.0 Å². The molecule has 3 nitrogen and oxygen atoms in total. The first kappa shape index (κ1) is 18.6. The molecule has 0 heterocycles. The Labute approximate surface area is 133 Å². The normalized spacial score (nSPS) is 10.8. The van der Waals surface area contributed by atoms with Crippen LogP contribution in [0.3, 0.4) is 0 Å². The highest BCUT2D eigenvalue weighted by molar-refractivity contribution is 14.1. The lowest BCUT2D eigenvalue weighted by Gasteiger charge is -2.31. The van der Waals surface area contributed by atoms with Crippen LogP contribution in [0, 0.1) is 9.39 Å². The highest BCUT2D eigenvalue weighted by Gasteiger charge is 2.27. The summed E-state index contributed by atoms with van der Waals surface area (Å²) in [5, 5.41) is 2.96. The topological polar surface area (TPSA) is 55.1 Å². The van der Waals surface area contributed by atoms with E-state index in [0.29, 0.717) is 15.7 Å². The Morgan fingerprint density at radius 2 is 2.00 bits per heavy atom. The van der Waals surface area contributed by atoms with Gasteiger partial charge in [0, 0.05) is 10.1 Å². The maximum Gasteiger partial charge on any atom is 0.252 e. The van der Waals surface area contributed by atoms with Gasteiger partial charge >= 0.3 is 0 Å². The third-order valence-corrected chi connectivity index (χ3v) is 4.19. The van der Waals surface area contributed by atoms with Crippen molar-refractivity contribution in [2.24, 2.45) is 5.73 Å². The molecular formula is C13H19ClFIN2O. The molecule has 3 N–H and O–H groups in total. The van der Waals surface area contributed by atoms with Crippen molar-refractivity contribution in [1.29, 1.82) is 0 Å². The molecule has 0 atom stereocenters. The van der Waals surface area contributed by atoms with Crippen LogP contribution in [-0.2, 0) is 0 Å². The molecule has 19 heavy (non-hydrogen) atoms. The molecule has 0 spiro atoms. The second-order valence-electron chi connectivity index (χ2n) is 4.27. The molecular weight excluding hydrogens is 382 g/mol. The minimum Gasteiger partial charge on any atom is -0.345 e. The molecule has 1 aromatic rings. The summed E-state index contributed by atoms with van der Waals surface area (Å²) in [5.74, 6) is -0.541. The Morgan fingerprint density at radius 1 is 1.42 bits per heavy atom. The van der Waals surface area contributed by atoms with Crippen molar-refractivity contribution >= 4 is 40.9 Å². The van der Waals surface area contributed by atoms with Gasteiger partial charge in [-0.15, -0.1) is 12.4 Å². The number of halogens is 3. The molecule has 0 bridgehead atoms. The zero-order valence-electron chi connectivity index (χ0n) is 11.0. The van der Waals surface area contributed by atoms with Crippen LogP contribution in [0.4, 0.5) is 4.39 Å². The number of rotatable bonds is 5. The summed E-state index contributed by atoms with van der Waals surface area (Å²) in [6.07, 6.45) is 1.53. The first-order chi connectivity index (χ1) is 8.48. The summed E-state index contributed by atoms with van der Waals surface area (Å²) >= 11 is 1.96. The zero-order valence-corrected chi connectivity index (χ0v) is 14.0. The Morgan fingerprint density at radius 3 is 2.42 bits per heavy atom. The van der Waals surface area contributed by atoms with E-state index < -0.39 is 0 Å². The standard InChI is InChI=1S/C13H18FIN2O.ClH/c1-3-13(4-2,8-16)17-12(18)10-6-5-9(14)7-11(10)15;/h5-7H,3-4,8,16H2,1-2H3,(H,17,18);1H. The molecule has 0 aromatic heterocycles. The van der Waals surface area contributed by atoms with E-state index in [0.717, 1.165) is 12.8 Å². The first-order valence-corrected chi connectivity index (χ1v) is 7.03. The predicted molar refractivity (Wildman–Crippen MR) is 86.2 cm³/mol. The van der Waals surface area contributed by atoms with Crippen molar-refractivity contribution in [3.63, 3.8) is 0 Å². The van der Waals surface area contributed by atoms with Crippen LogP contribution in [0.1, 0.15) is 37.0 Å². The SMILES string of the molecule is CCC(CC)(CN)NC(=O)c1ccc(F)cc1I.Cl. The molecule has 0 saturated heterocycles. The van der Waals surface area contributed by atoms with Crippen molar-refractivity contribution < 1.29 is 9.18 Å². The van der Waals surface area contributed by atoms with Gasteiger partial charge in [-0.2, -0.15) is 0 Å². The maximum atomic E-state index is 13.0. The second-order valence-corrected chi connectivity index (χ2v) is 5.43. The van der Waals surface area contributed by atoms with Gasteiger partial charge < -0.3 is 11.1 Å². The molecule has 6 heteroatoms. The summed E-state index contributed by atoms with van der Waals surface area (Å²) in [6, 6.07) is 4.13. The molecule has 0 unspecified atom stereocenters. The summed E-state index contributed by atoms with van der Waals surface area (Å²) in [7, 11) is 0. The third kappa shape index (κ3) is 4.57. The first-order valence-electron chi connectivity index (χ1n) is 5.95. The monoisotopic (exact) mass is 400 g/mol. The summed E-state index contributed by atoms with van der Waals surface area (Å²) < 4.78 is 13.6. The highest BCUT2D eigenvalue weighted by atomic mass is 127. The van der Waals surface area contributed by atoms with Gasteiger partial charge in [0.05, 0.1) is 11.1 Å². The smallest absolute Gasteiger partial charge is 0.252 e. The summed E-state index contributed by atoms with van der Waals surface area (Å²) in [6.45, 7) is 4.38. The molecule has 0 aliphatic rings. The number of benzene rings is 1. The molecule has 0 aliphatic carbocycles. The lowest BCUT2D eigenvalue weighted by atomic mass is 9.92. The molecule has 1 aromatic carbocycles. The Kier molecular flexibility index (Phi) is 7.85. The van der Waals surface area contributed by atoms with Crippen molar-refractivity contribution in [2.45, 2.75) is 32.2 Å². The van der Waals surface area contributed by atoms with Gasteiger partial charge in [-0.3, -0.25) is 4.79 Å². The van der Waals surface area contributed by atoms with Crippen molar-refractivity contribution in [2.75, 3.05) is 6.54 Å². The maximum absolute atomic E-state index is 13.0. The minimum atomic E-state index is -0.380. The highest BCUT2D eigenvalue weighted by Crippen LogP contribution is 2.18. The summed E-state index contributed by atoms with van der Waals surface area (Å²) in [4.78, 5) is 12.2. The number of nitrogens with two attached hydrogens (primary N) is 1. The second kappa shape index (κ2) is 8.01. The number of carbonyl (C=O) groups excluding carboxylic acids is 1. The van der Waals surface area contributed by atoms with E-state index in [2.05, 4.69) is 5.32 Å². The Hall–Kier alpha value is -0.400. The van der Waals surface area contributed by atoms with E-state index in [9.17, 15) is 9.18 Å². The average Bonchev–Trinajstić information content (AvgIpc) is 2.36. The van der Waals surface area contributed by atoms with Gasteiger partial charge in [0.15, 0.2) is 0 Å². The molecule has 0 fully saturated rings. The largest absolute Gasteiger partial charge is 0.345 e. The predicted octanol–water partition coefficient (Wildman–Crippen LogP) is 3.10. The van der Waals surface area contributed by atoms with E-state index in [1.165, 1.54) is 18.2 Å². The van der Waals surface area contributed by atoms with Crippen LogP contribution in [0.25, 0.3) is 0 Å². The molecule has 108 valence electrons. The van der Waals surface area contributed by atoms with Gasteiger partial charge in [-0.25, -0.2) is 4.39 Å². The van der Waals surface area contributed by atoms with Crippen LogP contribution in [0.2, 0.25) is 0 Å². The fraction of sp³-hybridized carbons (Fsp3) is 0.462. The van der Waals surface area contributed by atoms with Crippen LogP contribution in [-0.4, -0.2) is 18.0 Å². The number of amides is 1. The number of carbonyl (C=O) groups is 1.